The molecule has 3 rings (SSSR count). The number of amides is 1. The molecule has 0 atom stereocenters. The number of carbonyl (C=O) groups excluding carboxylic acids is 1. The Hall–Kier alpha value is -3.56. The summed E-state index contributed by atoms with van der Waals surface area (Å²) in [7, 11) is -3.70. The van der Waals surface area contributed by atoms with Crippen molar-refractivity contribution in [2.75, 3.05) is 23.7 Å². The van der Waals surface area contributed by atoms with Crippen LogP contribution in [0.5, 0.6) is 11.5 Å². The van der Waals surface area contributed by atoms with Crippen LogP contribution in [0.3, 0.4) is 0 Å². The lowest BCUT2D eigenvalue weighted by molar-refractivity contribution is -0.119. The SMILES string of the molecule is CCOc1cc(/C=N\NC(=O)CN(c2ccc(Cl)cc2)S(C)(=O)=O)ccc1OCc1ccccc1. The topological polar surface area (TPSA) is 97.3 Å². The first kappa shape index (κ1) is 26.1. The average Bonchev–Trinajstić information content (AvgIpc) is 2.83. The highest BCUT2D eigenvalue weighted by Gasteiger charge is 2.20. The molecule has 0 bridgehead atoms. The van der Waals surface area contributed by atoms with Crippen LogP contribution in [0.4, 0.5) is 5.69 Å². The molecule has 3 aromatic carbocycles. The van der Waals surface area contributed by atoms with Crippen molar-refractivity contribution in [1.82, 2.24) is 5.43 Å². The van der Waals surface area contributed by atoms with Crippen LogP contribution < -0.4 is 19.2 Å². The van der Waals surface area contributed by atoms with Gasteiger partial charge in [-0.2, -0.15) is 5.10 Å². The van der Waals surface area contributed by atoms with E-state index in [4.69, 9.17) is 21.1 Å². The van der Waals surface area contributed by atoms with Crippen LogP contribution in [0, 0.1) is 0 Å². The van der Waals surface area contributed by atoms with Crippen molar-refractivity contribution in [3.63, 3.8) is 0 Å². The third-order valence-corrected chi connectivity index (χ3v) is 6.10. The summed E-state index contributed by atoms with van der Waals surface area (Å²) in [6, 6.07) is 21.2. The molecule has 0 saturated heterocycles. The number of hydrazone groups is 1. The Balaban J connectivity index is 1.64. The van der Waals surface area contributed by atoms with Gasteiger partial charge < -0.3 is 9.47 Å². The lowest BCUT2D eigenvalue weighted by Crippen LogP contribution is -2.38. The highest BCUT2D eigenvalue weighted by Crippen LogP contribution is 2.29. The fourth-order valence-corrected chi connectivity index (χ4v) is 4.06. The number of hydrogen-bond donors (Lipinski definition) is 1. The van der Waals surface area contributed by atoms with Crippen molar-refractivity contribution in [2.45, 2.75) is 13.5 Å². The number of sulfonamides is 1. The number of halogens is 1. The van der Waals surface area contributed by atoms with Crippen LogP contribution in [0.2, 0.25) is 5.02 Å². The molecule has 0 aliphatic carbocycles. The molecule has 0 radical (unpaired) electrons. The van der Waals surface area contributed by atoms with Crippen LogP contribution in [0.25, 0.3) is 0 Å². The zero-order valence-corrected chi connectivity index (χ0v) is 20.9. The molecule has 0 spiro atoms. The van der Waals surface area contributed by atoms with Crippen LogP contribution in [0.15, 0.2) is 77.9 Å². The Morgan fingerprint density at radius 2 is 1.74 bits per heavy atom. The lowest BCUT2D eigenvalue weighted by atomic mass is 10.2. The molecule has 1 amide bonds. The van der Waals surface area contributed by atoms with E-state index in [0.29, 0.717) is 41.0 Å². The summed E-state index contributed by atoms with van der Waals surface area (Å²) in [5.41, 5.74) is 4.37. The molecule has 0 fully saturated rings. The molecule has 10 heteroatoms. The predicted octanol–water partition coefficient (Wildman–Crippen LogP) is 4.23. The Morgan fingerprint density at radius 3 is 2.40 bits per heavy atom. The van der Waals surface area contributed by atoms with E-state index in [2.05, 4.69) is 10.5 Å². The normalized spacial score (nSPS) is 11.3. The molecule has 0 unspecified atom stereocenters. The van der Waals surface area contributed by atoms with Gasteiger partial charge in [-0.05, 0) is 60.5 Å². The molecular weight excluding hydrogens is 490 g/mol. The maximum atomic E-state index is 12.4. The molecule has 0 saturated carbocycles. The Kier molecular flexibility index (Phi) is 9.11. The molecule has 184 valence electrons. The van der Waals surface area contributed by atoms with E-state index in [1.807, 2.05) is 37.3 Å². The zero-order valence-electron chi connectivity index (χ0n) is 19.3. The third-order valence-electron chi connectivity index (χ3n) is 4.71. The summed E-state index contributed by atoms with van der Waals surface area (Å²) in [5, 5.41) is 4.40. The van der Waals surface area contributed by atoms with Gasteiger partial charge >= 0.3 is 0 Å². The van der Waals surface area contributed by atoms with Crippen LogP contribution in [-0.4, -0.2) is 39.9 Å². The van der Waals surface area contributed by atoms with E-state index >= 15 is 0 Å². The van der Waals surface area contributed by atoms with Crippen molar-refractivity contribution in [1.29, 1.82) is 0 Å². The number of ether oxygens (including phenoxy) is 2. The monoisotopic (exact) mass is 515 g/mol. The molecule has 0 aliphatic rings. The molecule has 3 aromatic rings. The van der Waals surface area contributed by atoms with Gasteiger partial charge in [0.25, 0.3) is 5.91 Å². The Morgan fingerprint density at radius 1 is 1.03 bits per heavy atom. The van der Waals surface area contributed by atoms with Crippen LogP contribution in [0.1, 0.15) is 18.1 Å². The van der Waals surface area contributed by atoms with E-state index < -0.39 is 22.5 Å². The highest BCUT2D eigenvalue weighted by atomic mass is 35.5. The molecular formula is C25H26ClN3O5S. The first-order valence-electron chi connectivity index (χ1n) is 10.7. The number of rotatable bonds is 11. The van der Waals surface area contributed by atoms with Crippen molar-refractivity contribution in [2.24, 2.45) is 5.10 Å². The van der Waals surface area contributed by atoms with Crippen molar-refractivity contribution >= 4 is 39.4 Å². The fraction of sp³-hybridized carbons (Fsp3) is 0.200. The number of carbonyl (C=O) groups is 1. The Bertz CT molecular complexity index is 1270. The van der Waals surface area contributed by atoms with Gasteiger partial charge in [0.2, 0.25) is 10.0 Å². The van der Waals surface area contributed by atoms with Gasteiger partial charge in [-0.25, -0.2) is 13.8 Å². The van der Waals surface area contributed by atoms with Gasteiger partial charge in [-0.1, -0.05) is 41.9 Å². The van der Waals surface area contributed by atoms with Crippen molar-refractivity contribution in [3.8, 4) is 11.5 Å². The molecule has 0 aromatic heterocycles. The fourth-order valence-electron chi connectivity index (χ4n) is 3.08. The van der Waals surface area contributed by atoms with Crippen molar-refractivity contribution < 1.29 is 22.7 Å². The molecule has 0 heterocycles. The van der Waals surface area contributed by atoms with Gasteiger partial charge in [-0.3, -0.25) is 9.10 Å². The molecule has 1 N–H and O–H groups in total. The van der Waals surface area contributed by atoms with Crippen molar-refractivity contribution in [3.05, 3.63) is 88.9 Å². The summed E-state index contributed by atoms with van der Waals surface area (Å²) >= 11 is 5.87. The summed E-state index contributed by atoms with van der Waals surface area (Å²) in [6.07, 6.45) is 2.46. The number of nitrogens with zero attached hydrogens (tertiary/aromatic N) is 2. The number of benzene rings is 3. The van der Waals surface area contributed by atoms with Crippen LogP contribution in [-0.2, 0) is 21.4 Å². The number of hydrogen-bond acceptors (Lipinski definition) is 6. The predicted molar refractivity (Wildman–Crippen MR) is 138 cm³/mol. The molecule has 35 heavy (non-hydrogen) atoms. The minimum absolute atomic E-state index is 0.323. The molecule has 8 nitrogen and oxygen atoms in total. The second kappa shape index (κ2) is 12.2. The number of anilines is 1. The maximum absolute atomic E-state index is 12.4. The van der Waals surface area contributed by atoms with E-state index in [-0.39, 0.29) is 0 Å². The second-order valence-corrected chi connectivity index (χ2v) is 9.80. The van der Waals surface area contributed by atoms with Gasteiger partial charge in [-0.15, -0.1) is 0 Å². The average molecular weight is 516 g/mol. The zero-order chi connectivity index (χ0) is 25.3. The summed E-state index contributed by atoms with van der Waals surface area (Å²) in [5.74, 6) is 0.530. The van der Waals surface area contributed by atoms with E-state index in [9.17, 15) is 13.2 Å². The van der Waals surface area contributed by atoms with Gasteiger partial charge in [0.15, 0.2) is 11.5 Å². The molecule has 0 aliphatic heterocycles. The standard InChI is InChI=1S/C25H26ClN3O5S/c1-3-33-24-15-20(9-14-23(24)34-18-19-7-5-4-6-8-19)16-27-28-25(30)17-29(35(2,31)32)22-12-10-21(26)11-13-22/h4-16H,3,17-18H2,1-2H3,(H,28,30)/b27-16-. The van der Waals surface area contributed by atoms with Crippen LogP contribution >= 0.6 is 11.6 Å². The van der Waals surface area contributed by atoms with Gasteiger partial charge in [0.1, 0.15) is 13.2 Å². The second-order valence-electron chi connectivity index (χ2n) is 7.45. The first-order chi connectivity index (χ1) is 16.8. The summed E-state index contributed by atoms with van der Waals surface area (Å²) in [6.45, 7) is 2.28. The minimum atomic E-state index is -3.70. The Labute approximate surface area is 210 Å². The smallest absolute Gasteiger partial charge is 0.260 e. The quantitative estimate of drug-likeness (QED) is 0.304. The van der Waals surface area contributed by atoms with E-state index in [1.165, 1.54) is 18.3 Å². The van der Waals surface area contributed by atoms with Gasteiger partial charge in [0, 0.05) is 5.02 Å². The number of nitrogens with one attached hydrogen (secondary N) is 1. The van der Waals surface area contributed by atoms with E-state index in [0.717, 1.165) is 16.1 Å². The summed E-state index contributed by atoms with van der Waals surface area (Å²) in [4.78, 5) is 12.4. The van der Waals surface area contributed by atoms with Gasteiger partial charge in [0.05, 0.1) is 24.8 Å². The lowest BCUT2D eigenvalue weighted by Gasteiger charge is -2.21. The minimum Gasteiger partial charge on any atom is -0.490 e. The first-order valence-corrected chi connectivity index (χ1v) is 13.0. The largest absolute Gasteiger partial charge is 0.490 e. The van der Waals surface area contributed by atoms with E-state index in [1.54, 1.807) is 30.3 Å². The summed E-state index contributed by atoms with van der Waals surface area (Å²) < 4.78 is 36.9. The highest BCUT2D eigenvalue weighted by molar-refractivity contribution is 7.92. The maximum Gasteiger partial charge on any atom is 0.260 e. The third kappa shape index (κ3) is 8.01.